The number of hydrogen-bond acceptors (Lipinski definition) is 4. The van der Waals surface area contributed by atoms with E-state index in [4.69, 9.17) is 4.42 Å². The number of hydrogen-bond donors (Lipinski definition) is 1. The minimum absolute atomic E-state index is 0.0484. The summed E-state index contributed by atoms with van der Waals surface area (Å²) in [6, 6.07) is 5.90. The molecule has 1 saturated heterocycles. The lowest BCUT2D eigenvalue weighted by molar-refractivity contribution is -0.121. The van der Waals surface area contributed by atoms with Crippen LogP contribution in [-0.2, 0) is 11.2 Å². The van der Waals surface area contributed by atoms with Crippen molar-refractivity contribution in [3.05, 3.63) is 46.0 Å². The van der Waals surface area contributed by atoms with Gasteiger partial charge in [0.05, 0.1) is 11.8 Å². The molecule has 26 heavy (non-hydrogen) atoms. The van der Waals surface area contributed by atoms with Crippen molar-refractivity contribution in [1.29, 1.82) is 0 Å². The summed E-state index contributed by atoms with van der Waals surface area (Å²) < 4.78 is 5.22. The second kappa shape index (κ2) is 9.03. The molecule has 0 radical (unpaired) electrons. The van der Waals surface area contributed by atoms with E-state index < -0.39 is 0 Å². The van der Waals surface area contributed by atoms with Gasteiger partial charge in [0, 0.05) is 30.9 Å². The van der Waals surface area contributed by atoms with Gasteiger partial charge in [-0.3, -0.25) is 9.59 Å². The molecule has 5 nitrogen and oxygen atoms in total. The van der Waals surface area contributed by atoms with Crippen LogP contribution in [0.5, 0.6) is 0 Å². The van der Waals surface area contributed by atoms with Gasteiger partial charge in [0.15, 0.2) is 0 Å². The van der Waals surface area contributed by atoms with Crippen molar-refractivity contribution < 1.29 is 14.0 Å². The van der Waals surface area contributed by atoms with E-state index in [2.05, 4.69) is 16.8 Å². The summed E-state index contributed by atoms with van der Waals surface area (Å²) in [6.07, 6.45) is 5.86. The fourth-order valence-electron chi connectivity index (χ4n) is 3.34. The Morgan fingerprint density at radius 3 is 2.77 bits per heavy atom. The summed E-state index contributed by atoms with van der Waals surface area (Å²) in [5.41, 5.74) is 0.655. The molecule has 2 amide bonds. The monoisotopic (exact) mass is 374 g/mol. The van der Waals surface area contributed by atoms with E-state index in [1.807, 2.05) is 17.9 Å². The predicted molar refractivity (Wildman–Crippen MR) is 102 cm³/mol. The zero-order chi connectivity index (χ0) is 18.4. The Kier molecular flexibility index (Phi) is 6.50. The first-order valence-corrected chi connectivity index (χ1v) is 10.1. The first-order chi connectivity index (χ1) is 12.6. The number of thiophene rings is 1. The SMILES string of the molecule is Cc1occc1C(=O)N1CCC(CNC(=O)CCCc2cccs2)CC1. The molecule has 1 N–H and O–H groups in total. The van der Waals surface area contributed by atoms with Crippen LogP contribution in [0.3, 0.4) is 0 Å². The summed E-state index contributed by atoms with van der Waals surface area (Å²) >= 11 is 1.74. The number of furan rings is 1. The highest BCUT2D eigenvalue weighted by atomic mass is 32.1. The van der Waals surface area contributed by atoms with E-state index in [1.165, 1.54) is 4.88 Å². The van der Waals surface area contributed by atoms with Gasteiger partial charge in [0.25, 0.3) is 5.91 Å². The third-order valence-electron chi connectivity index (χ3n) is 4.99. The van der Waals surface area contributed by atoms with Crippen LogP contribution in [0.1, 0.15) is 46.7 Å². The molecule has 3 rings (SSSR count). The Morgan fingerprint density at radius 1 is 1.31 bits per heavy atom. The van der Waals surface area contributed by atoms with Gasteiger partial charge in [0.2, 0.25) is 5.91 Å². The number of carbonyl (C=O) groups excluding carboxylic acids is 2. The van der Waals surface area contributed by atoms with Crippen molar-refractivity contribution in [3.8, 4) is 0 Å². The van der Waals surface area contributed by atoms with Crippen molar-refractivity contribution in [2.75, 3.05) is 19.6 Å². The zero-order valence-electron chi connectivity index (χ0n) is 15.2. The first kappa shape index (κ1) is 18.7. The van der Waals surface area contributed by atoms with Gasteiger partial charge in [-0.2, -0.15) is 0 Å². The Balaban J connectivity index is 1.33. The largest absolute Gasteiger partial charge is 0.469 e. The number of amides is 2. The van der Waals surface area contributed by atoms with Crippen LogP contribution >= 0.6 is 11.3 Å². The molecule has 0 aliphatic carbocycles. The number of rotatable bonds is 7. The molecule has 0 unspecified atom stereocenters. The molecule has 140 valence electrons. The average molecular weight is 375 g/mol. The molecule has 1 aliphatic heterocycles. The van der Waals surface area contributed by atoms with Crippen LogP contribution in [0.15, 0.2) is 34.3 Å². The number of likely N-dealkylation sites (tertiary alicyclic amines) is 1. The van der Waals surface area contributed by atoms with Crippen LogP contribution in [0.25, 0.3) is 0 Å². The first-order valence-electron chi connectivity index (χ1n) is 9.26. The Bertz CT molecular complexity index is 715. The average Bonchev–Trinajstić information content (AvgIpc) is 3.31. The normalized spacial score (nSPS) is 15.2. The van der Waals surface area contributed by atoms with E-state index in [9.17, 15) is 9.59 Å². The molecule has 0 aromatic carbocycles. The van der Waals surface area contributed by atoms with Crippen molar-refractivity contribution in [3.63, 3.8) is 0 Å². The minimum Gasteiger partial charge on any atom is -0.469 e. The topological polar surface area (TPSA) is 62.6 Å². The number of nitrogens with one attached hydrogen (secondary N) is 1. The maximum atomic E-state index is 12.5. The van der Waals surface area contributed by atoms with Crippen LogP contribution in [0.4, 0.5) is 0 Å². The van der Waals surface area contributed by atoms with E-state index in [-0.39, 0.29) is 11.8 Å². The molecular weight excluding hydrogens is 348 g/mol. The van der Waals surface area contributed by atoms with E-state index in [0.29, 0.717) is 30.2 Å². The van der Waals surface area contributed by atoms with E-state index in [1.54, 1.807) is 23.7 Å². The van der Waals surface area contributed by atoms with Crippen LogP contribution < -0.4 is 5.32 Å². The number of aryl methyl sites for hydroxylation is 2. The number of carbonyl (C=O) groups is 2. The molecule has 1 aliphatic rings. The second-order valence-electron chi connectivity index (χ2n) is 6.86. The molecular formula is C20H26N2O3S. The third kappa shape index (κ3) is 4.97. The Morgan fingerprint density at radius 2 is 2.12 bits per heavy atom. The summed E-state index contributed by atoms with van der Waals surface area (Å²) in [6.45, 7) is 4.00. The highest BCUT2D eigenvalue weighted by Crippen LogP contribution is 2.20. The van der Waals surface area contributed by atoms with Gasteiger partial charge < -0.3 is 14.6 Å². The second-order valence-corrected chi connectivity index (χ2v) is 7.90. The molecule has 2 aromatic heterocycles. The van der Waals surface area contributed by atoms with Gasteiger partial charge in [-0.25, -0.2) is 0 Å². The van der Waals surface area contributed by atoms with Gasteiger partial charge in [0.1, 0.15) is 5.76 Å². The van der Waals surface area contributed by atoms with Gasteiger partial charge in [-0.1, -0.05) is 6.07 Å². The van der Waals surface area contributed by atoms with E-state index >= 15 is 0 Å². The number of piperidine rings is 1. The van der Waals surface area contributed by atoms with Gasteiger partial charge >= 0.3 is 0 Å². The molecule has 2 aromatic rings. The zero-order valence-corrected chi connectivity index (χ0v) is 16.0. The maximum absolute atomic E-state index is 12.5. The molecule has 0 atom stereocenters. The lowest BCUT2D eigenvalue weighted by atomic mass is 9.96. The fourth-order valence-corrected chi connectivity index (χ4v) is 4.09. The molecule has 3 heterocycles. The maximum Gasteiger partial charge on any atom is 0.257 e. The Labute approximate surface area is 158 Å². The van der Waals surface area contributed by atoms with Crippen molar-refractivity contribution >= 4 is 23.2 Å². The molecule has 1 fully saturated rings. The summed E-state index contributed by atoms with van der Waals surface area (Å²) in [5, 5.41) is 5.13. The molecule has 6 heteroatoms. The predicted octanol–water partition coefficient (Wildman–Crippen LogP) is 3.64. The van der Waals surface area contributed by atoms with Gasteiger partial charge in [-0.05, 0) is 56.0 Å². The number of nitrogens with zero attached hydrogens (tertiary/aromatic N) is 1. The highest BCUT2D eigenvalue weighted by Gasteiger charge is 2.25. The van der Waals surface area contributed by atoms with Crippen molar-refractivity contribution in [1.82, 2.24) is 10.2 Å². The summed E-state index contributed by atoms with van der Waals surface area (Å²) in [7, 11) is 0. The van der Waals surface area contributed by atoms with Crippen LogP contribution in [0.2, 0.25) is 0 Å². The lowest BCUT2D eigenvalue weighted by Crippen LogP contribution is -2.41. The van der Waals surface area contributed by atoms with Gasteiger partial charge in [-0.15, -0.1) is 11.3 Å². The summed E-state index contributed by atoms with van der Waals surface area (Å²) in [5.74, 6) is 1.30. The fraction of sp³-hybridized carbons (Fsp3) is 0.500. The standard InChI is InChI=1S/C20H26N2O3S/c1-15-18(9-12-25-15)20(24)22-10-7-16(8-11-22)14-21-19(23)6-2-4-17-5-3-13-26-17/h3,5,9,12-13,16H,2,4,6-8,10-11,14H2,1H3,(H,21,23). The van der Waals surface area contributed by atoms with Crippen LogP contribution in [-0.4, -0.2) is 36.3 Å². The van der Waals surface area contributed by atoms with Crippen molar-refractivity contribution in [2.45, 2.75) is 39.0 Å². The molecule has 0 bridgehead atoms. The molecule has 0 spiro atoms. The third-order valence-corrected chi connectivity index (χ3v) is 5.92. The summed E-state index contributed by atoms with van der Waals surface area (Å²) in [4.78, 5) is 27.7. The highest BCUT2D eigenvalue weighted by molar-refractivity contribution is 7.09. The van der Waals surface area contributed by atoms with E-state index in [0.717, 1.165) is 38.8 Å². The van der Waals surface area contributed by atoms with Crippen molar-refractivity contribution in [2.24, 2.45) is 5.92 Å². The smallest absolute Gasteiger partial charge is 0.257 e. The Hall–Kier alpha value is -2.08. The minimum atomic E-state index is 0.0484. The molecule has 0 saturated carbocycles. The van der Waals surface area contributed by atoms with Crippen LogP contribution in [0, 0.1) is 12.8 Å². The quantitative estimate of drug-likeness (QED) is 0.805. The lowest BCUT2D eigenvalue weighted by Gasteiger charge is -2.32.